The molecule has 0 fully saturated rings. The fraction of sp³-hybridized carbons (Fsp3) is 0.0870. The van der Waals surface area contributed by atoms with Crippen LogP contribution in [0.3, 0.4) is 0 Å². The molecular weight excluding hydrogens is 452 g/mol. The fourth-order valence-corrected chi connectivity index (χ4v) is 2.69. The number of halogens is 1. The van der Waals surface area contributed by atoms with E-state index < -0.39 is 30.8 Å². The molecule has 0 spiro atoms. The number of hydrogen-bond donors (Lipinski definition) is 0. The maximum Gasteiger partial charge on any atom is 0.341 e. The minimum Gasteiger partial charge on any atom is -0.454 e. The van der Waals surface area contributed by atoms with E-state index in [9.17, 15) is 14.4 Å². The molecule has 0 heterocycles. The number of ether oxygens (including phenoxy) is 3. The van der Waals surface area contributed by atoms with Gasteiger partial charge < -0.3 is 14.2 Å². The van der Waals surface area contributed by atoms with E-state index in [0.29, 0.717) is 5.56 Å². The van der Waals surface area contributed by atoms with Crippen LogP contribution in [0.4, 0.5) is 0 Å². The molecule has 0 aliphatic carbocycles. The quantitative estimate of drug-likeness (QED) is 0.371. The van der Waals surface area contributed by atoms with Crippen molar-refractivity contribution in [3.8, 4) is 0 Å². The van der Waals surface area contributed by atoms with E-state index in [2.05, 4.69) is 15.9 Å². The minimum atomic E-state index is -1.41. The summed E-state index contributed by atoms with van der Waals surface area (Å²) in [6.07, 6.45) is -1.41. The highest BCUT2D eigenvalue weighted by Crippen LogP contribution is 2.13. The van der Waals surface area contributed by atoms with Crippen LogP contribution in [0.25, 0.3) is 0 Å². The van der Waals surface area contributed by atoms with Crippen molar-refractivity contribution in [2.45, 2.75) is 6.29 Å². The third-order valence-corrected chi connectivity index (χ3v) is 4.46. The molecule has 152 valence electrons. The predicted octanol–water partition coefficient (Wildman–Crippen LogP) is 4.65. The zero-order valence-corrected chi connectivity index (χ0v) is 17.3. The van der Waals surface area contributed by atoms with Gasteiger partial charge in [0.2, 0.25) is 0 Å². The molecule has 0 aliphatic heterocycles. The average Bonchev–Trinajstić information content (AvgIpc) is 2.78. The Hall–Kier alpha value is -3.45. The van der Waals surface area contributed by atoms with E-state index in [0.717, 1.165) is 4.47 Å². The summed E-state index contributed by atoms with van der Waals surface area (Å²) in [7, 11) is 0. The molecule has 0 radical (unpaired) electrons. The molecule has 0 N–H and O–H groups in total. The average molecular weight is 469 g/mol. The van der Waals surface area contributed by atoms with Gasteiger partial charge in [-0.1, -0.05) is 52.3 Å². The Labute approximate surface area is 181 Å². The van der Waals surface area contributed by atoms with Crippen LogP contribution in [0.2, 0.25) is 0 Å². The van der Waals surface area contributed by atoms with Crippen LogP contribution < -0.4 is 0 Å². The van der Waals surface area contributed by atoms with Gasteiger partial charge in [-0.25, -0.2) is 14.4 Å². The molecule has 0 atom stereocenters. The summed E-state index contributed by atoms with van der Waals surface area (Å²) in [5.41, 5.74) is 0.857. The highest BCUT2D eigenvalue weighted by molar-refractivity contribution is 9.10. The lowest BCUT2D eigenvalue weighted by atomic mass is 10.2. The Bertz CT molecular complexity index is 949. The molecule has 0 aromatic heterocycles. The summed E-state index contributed by atoms with van der Waals surface area (Å²) in [5.74, 6) is -2.05. The van der Waals surface area contributed by atoms with Gasteiger partial charge in [0.1, 0.15) is 0 Å². The molecule has 6 nitrogen and oxygen atoms in total. The summed E-state index contributed by atoms with van der Waals surface area (Å²) >= 11 is 3.29. The summed E-state index contributed by atoms with van der Waals surface area (Å²) in [6, 6.07) is 23.0. The Morgan fingerprint density at radius 2 is 1.07 bits per heavy atom. The van der Waals surface area contributed by atoms with E-state index >= 15 is 0 Å². The molecule has 0 saturated heterocycles. The Morgan fingerprint density at radius 3 is 1.53 bits per heavy atom. The number of carbonyl (C=O) groups is 3. The first-order chi connectivity index (χ1) is 14.5. The lowest BCUT2D eigenvalue weighted by Crippen LogP contribution is -2.30. The second-order valence-corrected chi connectivity index (χ2v) is 6.99. The zero-order chi connectivity index (χ0) is 21.3. The van der Waals surface area contributed by atoms with Crippen molar-refractivity contribution < 1.29 is 28.6 Å². The summed E-state index contributed by atoms with van der Waals surface area (Å²) in [6.45, 7) is -0.452. The minimum absolute atomic E-state index is 0.275. The number of benzene rings is 3. The molecule has 0 amide bonds. The van der Waals surface area contributed by atoms with Crippen molar-refractivity contribution in [2.24, 2.45) is 0 Å². The van der Waals surface area contributed by atoms with Crippen LogP contribution in [0.5, 0.6) is 0 Å². The van der Waals surface area contributed by atoms with E-state index in [1.54, 1.807) is 84.9 Å². The second-order valence-electron chi connectivity index (χ2n) is 6.08. The van der Waals surface area contributed by atoms with Crippen LogP contribution in [0.15, 0.2) is 89.4 Å². The van der Waals surface area contributed by atoms with Crippen LogP contribution >= 0.6 is 15.9 Å². The lowest BCUT2D eigenvalue weighted by Gasteiger charge is -2.18. The number of esters is 3. The first-order valence-corrected chi connectivity index (χ1v) is 9.77. The van der Waals surface area contributed by atoms with Crippen LogP contribution in [0.1, 0.15) is 31.1 Å². The van der Waals surface area contributed by atoms with Gasteiger partial charge in [-0.05, 0) is 48.5 Å². The molecule has 0 bridgehead atoms. The Morgan fingerprint density at radius 1 is 0.633 bits per heavy atom. The van der Waals surface area contributed by atoms with Crippen molar-refractivity contribution in [1.82, 2.24) is 0 Å². The van der Waals surface area contributed by atoms with E-state index in [-0.39, 0.29) is 11.1 Å². The molecule has 3 aromatic rings. The van der Waals surface area contributed by atoms with Crippen molar-refractivity contribution in [1.29, 1.82) is 0 Å². The van der Waals surface area contributed by atoms with Gasteiger partial charge in [-0.3, -0.25) is 0 Å². The van der Waals surface area contributed by atoms with Crippen LogP contribution in [0, 0.1) is 0 Å². The van der Waals surface area contributed by atoms with E-state index in [1.165, 1.54) is 0 Å². The molecule has 0 unspecified atom stereocenters. The molecule has 30 heavy (non-hydrogen) atoms. The highest BCUT2D eigenvalue weighted by atomic mass is 79.9. The van der Waals surface area contributed by atoms with Gasteiger partial charge in [-0.15, -0.1) is 0 Å². The molecule has 0 saturated carbocycles. The smallest absolute Gasteiger partial charge is 0.341 e. The topological polar surface area (TPSA) is 78.9 Å². The van der Waals surface area contributed by atoms with Crippen molar-refractivity contribution in [2.75, 3.05) is 6.61 Å². The fourth-order valence-electron chi connectivity index (χ4n) is 2.43. The Balaban J connectivity index is 1.69. The summed E-state index contributed by atoms with van der Waals surface area (Å²) < 4.78 is 16.5. The maximum absolute atomic E-state index is 12.4. The highest BCUT2D eigenvalue weighted by Gasteiger charge is 2.23. The van der Waals surface area contributed by atoms with Gasteiger partial charge in [0.25, 0.3) is 6.29 Å². The third-order valence-electron chi connectivity index (χ3n) is 3.93. The van der Waals surface area contributed by atoms with Gasteiger partial charge in [0.15, 0.2) is 6.61 Å². The van der Waals surface area contributed by atoms with Crippen LogP contribution in [-0.2, 0) is 14.2 Å². The first-order valence-electron chi connectivity index (χ1n) is 8.97. The second kappa shape index (κ2) is 10.4. The van der Waals surface area contributed by atoms with Crippen LogP contribution in [-0.4, -0.2) is 30.8 Å². The molecule has 0 aliphatic rings. The van der Waals surface area contributed by atoms with Crippen molar-refractivity contribution >= 4 is 33.8 Å². The standard InChI is InChI=1S/C23H17BrO6/c24-19-13-11-18(12-14-19)21(25)28-15-20(29-22(26)16-7-3-1-4-8-16)30-23(27)17-9-5-2-6-10-17/h1-14,20H,15H2. The normalized spacial score (nSPS) is 10.3. The summed E-state index contributed by atoms with van der Waals surface area (Å²) in [4.78, 5) is 37.0. The number of hydrogen-bond acceptors (Lipinski definition) is 6. The molecule has 7 heteroatoms. The van der Waals surface area contributed by atoms with Gasteiger partial charge in [0, 0.05) is 4.47 Å². The molecule has 3 rings (SSSR count). The first kappa shape index (κ1) is 21.3. The third kappa shape index (κ3) is 6.02. The lowest BCUT2D eigenvalue weighted by molar-refractivity contribution is -0.105. The van der Waals surface area contributed by atoms with Crippen molar-refractivity contribution in [3.05, 3.63) is 106 Å². The number of rotatable bonds is 7. The van der Waals surface area contributed by atoms with Gasteiger partial charge >= 0.3 is 17.9 Å². The van der Waals surface area contributed by atoms with Gasteiger partial charge in [0.05, 0.1) is 16.7 Å². The van der Waals surface area contributed by atoms with E-state index in [4.69, 9.17) is 14.2 Å². The molecule has 3 aromatic carbocycles. The predicted molar refractivity (Wildman–Crippen MR) is 112 cm³/mol. The van der Waals surface area contributed by atoms with Crippen molar-refractivity contribution in [3.63, 3.8) is 0 Å². The maximum atomic E-state index is 12.4. The number of carbonyl (C=O) groups excluding carboxylic acids is 3. The Kier molecular flexibility index (Phi) is 7.34. The SMILES string of the molecule is O=C(OCC(OC(=O)c1ccccc1)OC(=O)c1ccccc1)c1ccc(Br)cc1. The largest absolute Gasteiger partial charge is 0.454 e. The summed E-state index contributed by atoms with van der Waals surface area (Å²) in [5, 5.41) is 0. The molecular formula is C23H17BrO6. The zero-order valence-electron chi connectivity index (χ0n) is 15.7. The van der Waals surface area contributed by atoms with Gasteiger partial charge in [-0.2, -0.15) is 0 Å². The van der Waals surface area contributed by atoms with E-state index in [1.807, 2.05) is 0 Å². The monoisotopic (exact) mass is 468 g/mol.